The lowest BCUT2D eigenvalue weighted by atomic mass is 10.1. The fourth-order valence-corrected chi connectivity index (χ4v) is 2.78. The van der Waals surface area contributed by atoms with Gasteiger partial charge in [-0.25, -0.2) is 0 Å². The molecule has 0 fully saturated rings. The van der Waals surface area contributed by atoms with Crippen LogP contribution in [0.3, 0.4) is 0 Å². The third-order valence-corrected chi connectivity index (χ3v) is 4.16. The van der Waals surface area contributed by atoms with Crippen molar-refractivity contribution in [2.75, 3.05) is 7.11 Å². The van der Waals surface area contributed by atoms with E-state index in [2.05, 4.69) is 47.1 Å². The molecule has 0 saturated heterocycles. The van der Waals surface area contributed by atoms with E-state index >= 15 is 0 Å². The summed E-state index contributed by atoms with van der Waals surface area (Å²) in [6.07, 6.45) is 1.04. The van der Waals surface area contributed by atoms with E-state index in [4.69, 9.17) is 21.1 Å². The van der Waals surface area contributed by atoms with Crippen LogP contribution in [0.2, 0.25) is 0 Å². The molecule has 4 heteroatoms. The van der Waals surface area contributed by atoms with Crippen molar-refractivity contribution < 1.29 is 9.47 Å². The molecule has 0 aliphatic carbocycles. The van der Waals surface area contributed by atoms with Crippen LogP contribution in [-0.4, -0.2) is 7.11 Å². The minimum Gasteiger partial charge on any atom is -0.493 e. The molecule has 21 heavy (non-hydrogen) atoms. The number of halogens is 2. The molecule has 0 atom stereocenters. The lowest BCUT2D eigenvalue weighted by Crippen LogP contribution is -1.99. The Labute approximate surface area is 139 Å². The minimum absolute atomic E-state index is 0.438. The first kappa shape index (κ1) is 16.2. The summed E-state index contributed by atoms with van der Waals surface area (Å²) in [5.74, 6) is 1.82. The van der Waals surface area contributed by atoms with E-state index in [9.17, 15) is 0 Å². The first-order chi connectivity index (χ1) is 10.2. The molecule has 0 aromatic heterocycles. The van der Waals surface area contributed by atoms with E-state index in [1.165, 1.54) is 5.56 Å². The van der Waals surface area contributed by atoms with Crippen molar-refractivity contribution in [3.63, 3.8) is 0 Å². The topological polar surface area (TPSA) is 18.5 Å². The van der Waals surface area contributed by atoms with Crippen LogP contribution in [0, 0.1) is 0 Å². The number of hydrogen-bond acceptors (Lipinski definition) is 2. The standard InChI is InChI=1S/C17H18BrClO2/c1-3-12-4-6-13(7-5-12)11-21-17-15(18)8-14(10-19)9-16(17)20-2/h4-9H,3,10-11H2,1-2H3. The first-order valence-electron chi connectivity index (χ1n) is 6.81. The van der Waals surface area contributed by atoms with E-state index in [0.29, 0.717) is 24.0 Å². The molecule has 0 radical (unpaired) electrons. The number of methoxy groups -OCH3 is 1. The summed E-state index contributed by atoms with van der Waals surface area (Å²) in [7, 11) is 1.63. The number of hydrogen-bond donors (Lipinski definition) is 0. The zero-order valence-corrected chi connectivity index (χ0v) is 14.5. The molecule has 2 aromatic carbocycles. The molecule has 2 aromatic rings. The molecular formula is C17H18BrClO2. The van der Waals surface area contributed by atoms with Gasteiger partial charge in [0, 0.05) is 5.88 Å². The van der Waals surface area contributed by atoms with Gasteiger partial charge in [-0.15, -0.1) is 11.6 Å². The lowest BCUT2D eigenvalue weighted by molar-refractivity contribution is 0.282. The number of rotatable bonds is 6. The fourth-order valence-electron chi connectivity index (χ4n) is 2.02. The molecular weight excluding hydrogens is 352 g/mol. The van der Waals surface area contributed by atoms with Crippen molar-refractivity contribution in [2.45, 2.75) is 25.8 Å². The predicted molar refractivity (Wildman–Crippen MR) is 90.4 cm³/mol. The Kier molecular flexibility index (Phi) is 5.95. The Bertz CT molecular complexity index is 596. The van der Waals surface area contributed by atoms with Crippen LogP contribution in [0.25, 0.3) is 0 Å². The summed E-state index contributed by atoms with van der Waals surface area (Å²) in [6.45, 7) is 2.64. The van der Waals surface area contributed by atoms with Gasteiger partial charge < -0.3 is 9.47 Å². The average molecular weight is 370 g/mol. The Hall–Kier alpha value is -1.19. The van der Waals surface area contributed by atoms with Crippen LogP contribution in [0.4, 0.5) is 0 Å². The van der Waals surface area contributed by atoms with Gasteiger partial charge in [0.05, 0.1) is 11.6 Å². The van der Waals surface area contributed by atoms with Gasteiger partial charge in [-0.05, 0) is 51.2 Å². The zero-order valence-electron chi connectivity index (χ0n) is 12.2. The summed E-state index contributed by atoms with van der Waals surface area (Å²) in [6, 6.07) is 12.3. The normalized spacial score (nSPS) is 10.5. The second-order valence-electron chi connectivity index (χ2n) is 4.70. The maximum atomic E-state index is 5.90. The SMILES string of the molecule is CCc1ccc(COc2c(Br)cc(CCl)cc2OC)cc1. The third kappa shape index (κ3) is 4.14. The summed E-state index contributed by atoms with van der Waals surface area (Å²) >= 11 is 9.38. The third-order valence-electron chi connectivity index (χ3n) is 3.26. The number of alkyl halides is 1. The zero-order chi connectivity index (χ0) is 15.2. The van der Waals surface area contributed by atoms with Crippen molar-refractivity contribution in [3.05, 3.63) is 57.6 Å². The van der Waals surface area contributed by atoms with Gasteiger partial charge in [-0.1, -0.05) is 31.2 Å². The van der Waals surface area contributed by atoms with Gasteiger partial charge in [-0.2, -0.15) is 0 Å². The van der Waals surface area contributed by atoms with Gasteiger partial charge in [0.1, 0.15) is 6.61 Å². The van der Waals surface area contributed by atoms with Gasteiger partial charge >= 0.3 is 0 Å². The monoisotopic (exact) mass is 368 g/mol. The highest BCUT2D eigenvalue weighted by Crippen LogP contribution is 2.37. The predicted octanol–water partition coefficient (Wildman–Crippen LogP) is 5.34. The quantitative estimate of drug-likeness (QED) is 0.640. The van der Waals surface area contributed by atoms with E-state index in [1.54, 1.807) is 7.11 Å². The highest BCUT2D eigenvalue weighted by molar-refractivity contribution is 9.10. The molecule has 2 nitrogen and oxygen atoms in total. The maximum absolute atomic E-state index is 5.90. The van der Waals surface area contributed by atoms with E-state index in [-0.39, 0.29) is 0 Å². The molecule has 0 amide bonds. The molecule has 0 heterocycles. The van der Waals surface area contributed by atoms with Gasteiger partial charge in [0.2, 0.25) is 0 Å². The average Bonchev–Trinajstić information content (AvgIpc) is 2.53. The van der Waals surface area contributed by atoms with E-state index in [0.717, 1.165) is 22.0 Å². The second-order valence-corrected chi connectivity index (χ2v) is 5.82. The Balaban J connectivity index is 2.15. The number of aryl methyl sites for hydroxylation is 1. The summed E-state index contributed by atoms with van der Waals surface area (Å²) in [5.41, 5.74) is 3.44. The van der Waals surface area contributed by atoms with Crippen molar-refractivity contribution >= 4 is 27.5 Å². The molecule has 0 aliphatic heterocycles. The summed E-state index contributed by atoms with van der Waals surface area (Å²) in [5, 5.41) is 0. The van der Waals surface area contributed by atoms with Gasteiger partial charge in [-0.3, -0.25) is 0 Å². The minimum atomic E-state index is 0.438. The lowest BCUT2D eigenvalue weighted by Gasteiger charge is -2.14. The molecule has 0 unspecified atom stereocenters. The van der Waals surface area contributed by atoms with Crippen LogP contribution in [0.1, 0.15) is 23.6 Å². The number of benzene rings is 2. The highest BCUT2D eigenvalue weighted by Gasteiger charge is 2.11. The largest absolute Gasteiger partial charge is 0.493 e. The van der Waals surface area contributed by atoms with Crippen LogP contribution < -0.4 is 9.47 Å². The van der Waals surface area contributed by atoms with Crippen LogP contribution in [0.5, 0.6) is 11.5 Å². The maximum Gasteiger partial charge on any atom is 0.175 e. The van der Waals surface area contributed by atoms with Gasteiger partial charge in [0.25, 0.3) is 0 Å². The van der Waals surface area contributed by atoms with Crippen molar-refractivity contribution in [3.8, 4) is 11.5 Å². The van der Waals surface area contributed by atoms with Crippen molar-refractivity contribution in [2.24, 2.45) is 0 Å². The van der Waals surface area contributed by atoms with Crippen LogP contribution in [0.15, 0.2) is 40.9 Å². The van der Waals surface area contributed by atoms with Crippen molar-refractivity contribution in [1.82, 2.24) is 0 Å². The van der Waals surface area contributed by atoms with Crippen LogP contribution >= 0.6 is 27.5 Å². The van der Waals surface area contributed by atoms with Crippen molar-refractivity contribution in [1.29, 1.82) is 0 Å². The smallest absolute Gasteiger partial charge is 0.175 e. The molecule has 0 N–H and O–H groups in total. The van der Waals surface area contributed by atoms with E-state index < -0.39 is 0 Å². The molecule has 0 saturated carbocycles. The molecule has 0 bridgehead atoms. The summed E-state index contributed by atoms with van der Waals surface area (Å²) in [4.78, 5) is 0. The highest BCUT2D eigenvalue weighted by atomic mass is 79.9. The first-order valence-corrected chi connectivity index (χ1v) is 8.13. The van der Waals surface area contributed by atoms with E-state index in [1.807, 2.05) is 12.1 Å². The fraction of sp³-hybridized carbons (Fsp3) is 0.294. The molecule has 112 valence electrons. The molecule has 0 spiro atoms. The number of ether oxygens (including phenoxy) is 2. The van der Waals surface area contributed by atoms with Gasteiger partial charge in [0.15, 0.2) is 11.5 Å². The Morgan fingerprint density at radius 2 is 1.71 bits per heavy atom. The molecule has 0 aliphatic rings. The van der Waals surface area contributed by atoms with Crippen LogP contribution in [-0.2, 0) is 18.9 Å². The second kappa shape index (κ2) is 7.71. The summed E-state index contributed by atoms with van der Waals surface area (Å²) < 4.78 is 12.1. The Morgan fingerprint density at radius 1 is 1.05 bits per heavy atom. The Morgan fingerprint density at radius 3 is 2.29 bits per heavy atom. The molecule has 2 rings (SSSR count).